The van der Waals surface area contributed by atoms with E-state index in [-0.39, 0.29) is 12.2 Å². The lowest BCUT2D eigenvalue weighted by molar-refractivity contribution is -0.155. The molecular formula is C10H11ClFNO3. The van der Waals surface area contributed by atoms with Gasteiger partial charge in [-0.05, 0) is 25.1 Å². The van der Waals surface area contributed by atoms with Gasteiger partial charge in [0.1, 0.15) is 5.82 Å². The lowest BCUT2D eigenvalue weighted by atomic mass is 10.1. The molecule has 0 aliphatic rings. The Morgan fingerprint density at radius 2 is 2.25 bits per heavy atom. The number of carboxylic acid groups (broad SMARTS) is 1. The molecule has 0 saturated heterocycles. The summed E-state index contributed by atoms with van der Waals surface area (Å²) in [6.45, 7) is 0.796. The number of hydrogen-bond acceptors (Lipinski definition) is 3. The van der Waals surface area contributed by atoms with Crippen LogP contribution in [-0.4, -0.2) is 28.3 Å². The molecule has 1 atom stereocenters. The van der Waals surface area contributed by atoms with E-state index in [0.29, 0.717) is 5.02 Å². The second kappa shape index (κ2) is 4.67. The first kappa shape index (κ1) is 12.7. The second-order valence-electron chi connectivity index (χ2n) is 3.56. The highest BCUT2D eigenvalue weighted by molar-refractivity contribution is 6.30. The van der Waals surface area contributed by atoms with E-state index < -0.39 is 17.4 Å². The van der Waals surface area contributed by atoms with Crippen LogP contribution in [0.4, 0.5) is 10.1 Å². The zero-order valence-corrected chi connectivity index (χ0v) is 9.25. The molecule has 0 fully saturated rings. The Morgan fingerprint density at radius 1 is 1.62 bits per heavy atom. The molecule has 0 heterocycles. The Balaban J connectivity index is 2.75. The molecule has 0 saturated carbocycles. The predicted octanol–water partition coefficient (Wildman–Crippen LogP) is 1.73. The largest absolute Gasteiger partial charge is 0.479 e. The van der Waals surface area contributed by atoms with Crippen molar-refractivity contribution in [2.75, 3.05) is 11.9 Å². The molecule has 0 aromatic heterocycles. The highest BCUT2D eigenvalue weighted by Crippen LogP contribution is 2.20. The van der Waals surface area contributed by atoms with Crippen LogP contribution in [0.3, 0.4) is 0 Å². The van der Waals surface area contributed by atoms with Gasteiger partial charge in [0, 0.05) is 5.02 Å². The van der Waals surface area contributed by atoms with Crippen LogP contribution in [0.5, 0.6) is 0 Å². The Hall–Kier alpha value is -1.33. The molecule has 0 spiro atoms. The van der Waals surface area contributed by atoms with Gasteiger partial charge in [0.05, 0.1) is 12.2 Å². The van der Waals surface area contributed by atoms with E-state index in [1.165, 1.54) is 12.1 Å². The van der Waals surface area contributed by atoms with Crippen LogP contribution < -0.4 is 5.32 Å². The maximum atomic E-state index is 13.2. The summed E-state index contributed by atoms with van der Waals surface area (Å²) in [5.74, 6) is -1.95. The second-order valence-corrected chi connectivity index (χ2v) is 3.99. The van der Waals surface area contributed by atoms with Gasteiger partial charge in [0.25, 0.3) is 0 Å². The van der Waals surface area contributed by atoms with Crippen molar-refractivity contribution < 1.29 is 19.4 Å². The van der Waals surface area contributed by atoms with Crippen LogP contribution in [-0.2, 0) is 4.79 Å². The third-order valence-corrected chi connectivity index (χ3v) is 2.25. The van der Waals surface area contributed by atoms with Gasteiger partial charge < -0.3 is 15.5 Å². The summed E-state index contributed by atoms with van der Waals surface area (Å²) >= 11 is 5.64. The first-order valence-corrected chi connectivity index (χ1v) is 4.85. The van der Waals surface area contributed by atoms with Gasteiger partial charge in [-0.25, -0.2) is 9.18 Å². The monoisotopic (exact) mass is 247 g/mol. The van der Waals surface area contributed by atoms with Crippen LogP contribution in [0.2, 0.25) is 5.02 Å². The predicted molar refractivity (Wildman–Crippen MR) is 58.2 cm³/mol. The smallest absolute Gasteiger partial charge is 0.337 e. The molecule has 3 N–H and O–H groups in total. The van der Waals surface area contributed by atoms with Gasteiger partial charge in [-0.2, -0.15) is 0 Å². The van der Waals surface area contributed by atoms with E-state index in [9.17, 15) is 14.3 Å². The van der Waals surface area contributed by atoms with Gasteiger partial charge >= 0.3 is 5.97 Å². The summed E-state index contributed by atoms with van der Waals surface area (Å²) in [5, 5.41) is 20.8. The first-order valence-electron chi connectivity index (χ1n) is 4.47. The fraction of sp³-hybridized carbons (Fsp3) is 0.300. The molecule has 0 aliphatic heterocycles. The fourth-order valence-electron chi connectivity index (χ4n) is 0.976. The van der Waals surface area contributed by atoms with Crippen LogP contribution in [0, 0.1) is 5.82 Å². The number of anilines is 1. The van der Waals surface area contributed by atoms with Crippen molar-refractivity contribution in [1.82, 2.24) is 0 Å². The highest BCUT2D eigenvalue weighted by Gasteiger charge is 2.29. The summed E-state index contributed by atoms with van der Waals surface area (Å²) in [4.78, 5) is 10.6. The normalized spacial score (nSPS) is 14.2. The maximum absolute atomic E-state index is 13.2. The van der Waals surface area contributed by atoms with Gasteiger partial charge in [0.2, 0.25) is 0 Å². The number of carbonyl (C=O) groups is 1. The van der Waals surface area contributed by atoms with E-state index in [1.807, 2.05) is 0 Å². The topological polar surface area (TPSA) is 69.6 Å². The Bertz CT molecular complexity index is 409. The standard InChI is InChI=1S/C10H11ClFNO3/c1-10(16,9(14)15)5-13-8-4-6(11)2-3-7(8)12/h2-4,13,16H,5H2,1H3,(H,14,15). The molecule has 1 aromatic rings. The molecule has 0 aliphatic carbocycles. The molecule has 0 radical (unpaired) electrons. The Morgan fingerprint density at radius 3 is 2.81 bits per heavy atom. The lowest BCUT2D eigenvalue weighted by Crippen LogP contribution is -2.41. The number of aliphatic hydroxyl groups is 1. The van der Waals surface area contributed by atoms with Gasteiger partial charge in [-0.3, -0.25) is 0 Å². The van der Waals surface area contributed by atoms with Gasteiger partial charge in [0.15, 0.2) is 5.60 Å². The maximum Gasteiger partial charge on any atom is 0.337 e. The lowest BCUT2D eigenvalue weighted by Gasteiger charge is -2.19. The Kier molecular flexibility index (Phi) is 3.72. The van der Waals surface area contributed by atoms with E-state index in [0.717, 1.165) is 13.0 Å². The molecule has 1 aromatic carbocycles. The van der Waals surface area contributed by atoms with E-state index in [1.54, 1.807) is 0 Å². The third kappa shape index (κ3) is 3.08. The fourth-order valence-corrected chi connectivity index (χ4v) is 1.15. The number of nitrogens with one attached hydrogen (secondary N) is 1. The zero-order valence-electron chi connectivity index (χ0n) is 8.50. The molecule has 0 bridgehead atoms. The number of benzene rings is 1. The molecule has 88 valence electrons. The number of aliphatic carboxylic acids is 1. The number of carboxylic acids is 1. The summed E-state index contributed by atoms with van der Waals surface area (Å²) in [5.41, 5.74) is -1.91. The zero-order chi connectivity index (χ0) is 12.3. The third-order valence-electron chi connectivity index (χ3n) is 2.01. The molecule has 16 heavy (non-hydrogen) atoms. The molecular weight excluding hydrogens is 237 g/mol. The van der Waals surface area contributed by atoms with Crippen LogP contribution in [0.25, 0.3) is 0 Å². The van der Waals surface area contributed by atoms with E-state index in [4.69, 9.17) is 16.7 Å². The molecule has 1 unspecified atom stereocenters. The average Bonchev–Trinajstić information content (AvgIpc) is 2.19. The minimum Gasteiger partial charge on any atom is -0.479 e. The van der Waals surface area contributed by atoms with Crippen LogP contribution >= 0.6 is 11.6 Å². The molecule has 0 amide bonds. The summed E-state index contributed by atoms with van der Waals surface area (Å²) < 4.78 is 13.2. The van der Waals surface area contributed by atoms with Crippen molar-refractivity contribution in [3.63, 3.8) is 0 Å². The van der Waals surface area contributed by atoms with Gasteiger partial charge in [-0.1, -0.05) is 11.6 Å². The molecule has 1 rings (SSSR count). The minimum absolute atomic E-state index is 0.0500. The van der Waals surface area contributed by atoms with E-state index >= 15 is 0 Å². The number of rotatable bonds is 4. The first-order chi connectivity index (χ1) is 7.33. The SMILES string of the molecule is CC(O)(CNc1cc(Cl)ccc1F)C(=O)O. The summed E-state index contributed by atoms with van der Waals surface area (Å²) in [7, 11) is 0. The molecule has 4 nitrogen and oxygen atoms in total. The minimum atomic E-state index is -1.96. The average molecular weight is 248 g/mol. The molecule has 6 heteroatoms. The Labute approximate surface area is 96.7 Å². The van der Waals surface area contributed by atoms with Crippen LogP contribution in [0.1, 0.15) is 6.92 Å². The van der Waals surface area contributed by atoms with Crippen molar-refractivity contribution in [2.24, 2.45) is 0 Å². The number of hydrogen-bond donors (Lipinski definition) is 3. The van der Waals surface area contributed by atoms with Crippen molar-refractivity contribution in [1.29, 1.82) is 0 Å². The quantitative estimate of drug-likeness (QED) is 0.758. The van der Waals surface area contributed by atoms with Crippen molar-refractivity contribution >= 4 is 23.3 Å². The highest BCUT2D eigenvalue weighted by atomic mass is 35.5. The van der Waals surface area contributed by atoms with E-state index in [2.05, 4.69) is 5.32 Å². The van der Waals surface area contributed by atoms with Crippen LogP contribution in [0.15, 0.2) is 18.2 Å². The number of halogens is 2. The van der Waals surface area contributed by atoms with Gasteiger partial charge in [-0.15, -0.1) is 0 Å². The summed E-state index contributed by atoms with van der Waals surface area (Å²) in [6.07, 6.45) is 0. The summed E-state index contributed by atoms with van der Waals surface area (Å²) in [6, 6.07) is 3.84. The van der Waals surface area contributed by atoms with Crippen molar-refractivity contribution in [3.05, 3.63) is 29.0 Å². The van der Waals surface area contributed by atoms with Crippen molar-refractivity contribution in [2.45, 2.75) is 12.5 Å². The van der Waals surface area contributed by atoms with Crippen molar-refractivity contribution in [3.8, 4) is 0 Å².